The van der Waals surface area contributed by atoms with Crippen molar-refractivity contribution in [1.82, 2.24) is 4.90 Å². The predicted octanol–water partition coefficient (Wildman–Crippen LogP) is 2.09. The van der Waals surface area contributed by atoms with Gasteiger partial charge in [-0.1, -0.05) is 18.2 Å². The molecule has 14 heavy (non-hydrogen) atoms. The Morgan fingerprint density at radius 2 is 2.00 bits per heavy atom. The molecule has 2 nitrogen and oxygen atoms in total. The zero-order valence-corrected chi connectivity index (χ0v) is 7.95. The van der Waals surface area contributed by atoms with Crippen molar-refractivity contribution < 1.29 is 13.9 Å². The smallest absolute Gasteiger partial charge is 0.251 e. The van der Waals surface area contributed by atoms with E-state index in [-0.39, 0.29) is 12.3 Å². The van der Waals surface area contributed by atoms with Crippen LogP contribution in [0, 0.1) is 0 Å². The summed E-state index contributed by atoms with van der Waals surface area (Å²) in [5, 5.41) is 9.38. The first-order chi connectivity index (χ1) is 6.59. The van der Waals surface area contributed by atoms with E-state index in [0.29, 0.717) is 12.1 Å². The third kappa shape index (κ3) is 3.30. The van der Waals surface area contributed by atoms with Crippen molar-refractivity contribution in [2.24, 2.45) is 0 Å². The van der Waals surface area contributed by atoms with E-state index in [1.807, 2.05) is 0 Å². The summed E-state index contributed by atoms with van der Waals surface area (Å²) in [5.74, 6) is 0.147. The van der Waals surface area contributed by atoms with Gasteiger partial charge in [0.15, 0.2) is 0 Å². The monoisotopic (exact) mass is 201 g/mol. The molecule has 78 valence electrons. The van der Waals surface area contributed by atoms with Gasteiger partial charge >= 0.3 is 0 Å². The summed E-state index contributed by atoms with van der Waals surface area (Å²) >= 11 is 0. The summed E-state index contributed by atoms with van der Waals surface area (Å²) in [6.45, 7) is 0.0470. The van der Waals surface area contributed by atoms with E-state index in [9.17, 15) is 13.9 Å². The molecule has 0 aromatic heterocycles. The molecule has 1 N–H and O–H groups in total. The largest absolute Gasteiger partial charge is 0.508 e. The van der Waals surface area contributed by atoms with Crippen molar-refractivity contribution in [2.75, 3.05) is 13.6 Å². The van der Waals surface area contributed by atoms with Gasteiger partial charge < -0.3 is 5.11 Å². The summed E-state index contributed by atoms with van der Waals surface area (Å²) < 4.78 is 24.0. The van der Waals surface area contributed by atoms with Crippen LogP contribution >= 0.6 is 0 Å². The molecule has 0 saturated carbocycles. The van der Waals surface area contributed by atoms with Gasteiger partial charge in [0.1, 0.15) is 5.75 Å². The molecule has 0 amide bonds. The Morgan fingerprint density at radius 1 is 1.36 bits per heavy atom. The third-order valence-corrected chi connectivity index (χ3v) is 1.88. The summed E-state index contributed by atoms with van der Waals surface area (Å²) in [6.07, 6.45) is -2.34. The number of phenols is 1. The van der Waals surface area contributed by atoms with Crippen LogP contribution in [0.25, 0.3) is 0 Å². The number of para-hydroxylation sites is 1. The number of rotatable bonds is 4. The van der Waals surface area contributed by atoms with Gasteiger partial charge in [-0.2, -0.15) is 0 Å². The molecule has 1 rings (SSSR count). The molecule has 0 atom stereocenters. The molecule has 0 aliphatic carbocycles. The van der Waals surface area contributed by atoms with Crippen LogP contribution in [0.3, 0.4) is 0 Å². The minimum atomic E-state index is -2.34. The van der Waals surface area contributed by atoms with Gasteiger partial charge in [-0.15, -0.1) is 0 Å². The Morgan fingerprint density at radius 3 is 2.57 bits per heavy atom. The average Bonchev–Trinajstić information content (AvgIpc) is 2.07. The van der Waals surface area contributed by atoms with Crippen LogP contribution in [0.2, 0.25) is 0 Å². The molecule has 4 heteroatoms. The Labute approximate surface area is 81.8 Å². The van der Waals surface area contributed by atoms with E-state index in [2.05, 4.69) is 0 Å². The van der Waals surface area contributed by atoms with Crippen molar-refractivity contribution in [2.45, 2.75) is 13.0 Å². The number of aromatic hydroxyl groups is 1. The topological polar surface area (TPSA) is 23.5 Å². The van der Waals surface area contributed by atoms with Crippen molar-refractivity contribution in [1.29, 1.82) is 0 Å². The second-order valence-corrected chi connectivity index (χ2v) is 3.22. The zero-order valence-electron chi connectivity index (χ0n) is 7.95. The normalized spacial score (nSPS) is 11.2. The van der Waals surface area contributed by atoms with Crippen LogP contribution in [0.1, 0.15) is 5.56 Å². The lowest BCUT2D eigenvalue weighted by Gasteiger charge is -2.16. The fourth-order valence-electron chi connectivity index (χ4n) is 1.24. The van der Waals surface area contributed by atoms with Gasteiger partial charge in [0.25, 0.3) is 6.43 Å². The minimum Gasteiger partial charge on any atom is -0.508 e. The highest BCUT2D eigenvalue weighted by atomic mass is 19.3. The fraction of sp³-hybridized carbons (Fsp3) is 0.400. The first-order valence-electron chi connectivity index (χ1n) is 4.33. The number of halogens is 2. The predicted molar refractivity (Wildman–Crippen MR) is 50.4 cm³/mol. The van der Waals surface area contributed by atoms with Crippen LogP contribution in [-0.2, 0) is 6.54 Å². The quantitative estimate of drug-likeness (QED) is 0.806. The van der Waals surface area contributed by atoms with Crippen LogP contribution in [0.15, 0.2) is 24.3 Å². The van der Waals surface area contributed by atoms with Gasteiger partial charge in [-0.3, -0.25) is 4.90 Å². The number of hydrogen-bond acceptors (Lipinski definition) is 2. The summed E-state index contributed by atoms with van der Waals surface area (Å²) in [7, 11) is 1.60. The number of alkyl halides is 2. The first-order valence-corrected chi connectivity index (χ1v) is 4.33. The molecule has 0 aliphatic heterocycles. The lowest BCUT2D eigenvalue weighted by Crippen LogP contribution is -2.24. The molecule has 0 bridgehead atoms. The van der Waals surface area contributed by atoms with Gasteiger partial charge in [-0.05, 0) is 13.1 Å². The Kier molecular flexibility index (Phi) is 3.83. The van der Waals surface area contributed by atoms with E-state index in [0.717, 1.165) is 0 Å². The molecule has 0 unspecified atom stereocenters. The fourth-order valence-corrected chi connectivity index (χ4v) is 1.24. The number of phenolic OH excluding ortho intramolecular Hbond substituents is 1. The second-order valence-electron chi connectivity index (χ2n) is 3.22. The molecule has 1 aromatic carbocycles. The van der Waals surface area contributed by atoms with Gasteiger partial charge in [-0.25, -0.2) is 8.78 Å². The highest BCUT2D eigenvalue weighted by Gasteiger charge is 2.09. The maximum atomic E-state index is 12.0. The van der Waals surface area contributed by atoms with Gasteiger partial charge in [0, 0.05) is 12.1 Å². The van der Waals surface area contributed by atoms with Crippen LogP contribution in [0.5, 0.6) is 5.75 Å². The molecule has 0 saturated heterocycles. The van der Waals surface area contributed by atoms with Crippen molar-refractivity contribution in [3.05, 3.63) is 29.8 Å². The van der Waals surface area contributed by atoms with Gasteiger partial charge in [0.05, 0.1) is 6.54 Å². The van der Waals surface area contributed by atoms with Gasteiger partial charge in [0.2, 0.25) is 0 Å². The van der Waals surface area contributed by atoms with E-state index in [1.165, 1.54) is 4.90 Å². The SMILES string of the molecule is CN(Cc1ccccc1O)CC(F)F. The maximum Gasteiger partial charge on any atom is 0.251 e. The third-order valence-electron chi connectivity index (χ3n) is 1.88. The Bertz CT molecular complexity index is 291. The minimum absolute atomic E-state index is 0.147. The summed E-state index contributed by atoms with van der Waals surface area (Å²) in [5.41, 5.74) is 0.663. The average molecular weight is 201 g/mol. The summed E-state index contributed by atoms with van der Waals surface area (Å²) in [6, 6.07) is 6.74. The standard InChI is InChI=1S/C10H13F2NO/c1-13(7-10(11)12)6-8-4-2-3-5-9(8)14/h2-5,10,14H,6-7H2,1H3. The van der Waals surface area contributed by atoms with Crippen molar-refractivity contribution >= 4 is 0 Å². The second kappa shape index (κ2) is 4.91. The van der Waals surface area contributed by atoms with Crippen LogP contribution in [-0.4, -0.2) is 30.0 Å². The lowest BCUT2D eigenvalue weighted by molar-refractivity contribution is 0.0972. The molecule has 0 fully saturated rings. The molecular formula is C10H13F2NO. The maximum absolute atomic E-state index is 12.0. The van der Waals surface area contributed by atoms with Crippen molar-refractivity contribution in [3.63, 3.8) is 0 Å². The summed E-state index contributed by atoms with van der Waals surface area (Å²) in [4.78, 5) is 1.47. The Balaban J connectivity index is 2.56. The zero-order chi connectivity index (χ0) is 10.6. The highest BCUT2D eigenvalue weighted by Crippen LogP contribution is 2.17. The molecule has 0 aliphatic rings. The van der Waals surface area contributed by atoms with E-state index in [4.69, 9.17) is 0 Å². The highest BCUT2D eigenvalue weighted by molar-refractivity contribution is 5.31. The molecule has 0 radical (unpaired) electrons. The molecule has 1 aromatic rings. The van der Waals surface area contributed by atoms with E-state index >= 15 is 0 Å². The van der Waals surface area contributed by atoms with E-state index < -0.39 is 6.43 Å². The Hall–Kier alpha value is -1.16. The van der Waals surface area contributed by atoms with Crippen molar-refractivity contribution in [3.8, 4) is 5.75 Å². The number of nitrogens with zero attached hydrogens (tertiary/aromatic N) is 1. The number of hydrogen-bond donors (Lipinski definition) is 1. The van der Waals surface area contributed by atoms with E-state index in [1.54, 1.807) is 31.3 Å². The molecular weight excluding hydrogens is 188 g/mol. The lowest BCUT2D eigenvalue weighted by atomic mass is 10.2. The number of benzene rings is 1. The van der Waals surface area contributed by atoms with Crippen LogP contribution in [0.4, 0.5) is 8.78 Å². The first kappa shape index (κ1) is 10.9. The van der Waals surface area contributed by atoms with Crippen LogP contribution < -0.4 is 0 Å². The molecule has 0 spiro atoms. The molecule has 0 heterocycles.